The number of imidazole rings is 1. The number of aromatic nitrogens is 2. The number of rotatable bonds is 9. The molecule has 1 aromatic rings. The first-order chi connectivity index (χ1) is 9.71. The molecule has 21 heavy (non-hydrogen) atoms. The Morgan fingerprint density at radius 3 is 2.81 bits per heavy atom. The van der Waals surface area contributed by atoms with Crippen molar-refractivity contribution in [3.05, 3.63) is 27.4 Å². The summed E-state index contributed by atoms with van der Waals surface area (Å²) >= 11 is 5.88. The van der Waals surface area contributed by atoms with Crippen molar-refractivity contribution >= 4 is 17.5 Å². The number of hydrogen-bond donors (Lipinski definition) is 1. The third kappa shape index (κ3) is 4.45. The molecule has 0 aliphatic rings. The Balaban J connectivity index is 2.40. The largest absolute Gasteiger partial charge is 0.434 e. The lowest BCUT2D eigenvalue weighted by Gasteiger charge is -2.30. The Morgan fingerprint density at radius 2 is 2.29 bits per heavy atom. The summed E-state index contributed by atoms with van der Waals surface area (Å²) in [6.45, 7) is 3.06. The molecule has 0 fully saturated rings. The van der Waals surface area contributed by atoms with E-state index in [-0.39, 0.29) is 19.2 Å². The van der Waals surface area contributed by atoms with Crippen LogP contribution in [0.25, 0.3) is 0 Å². The van der Waals surface area contributed by atoms with Gasteiger partial charge in [0.25, 0.3) is 0 Å². The van der Waals surface area contributed by atoms with Crippen molar-refractivity contribution in [3.8, 4) is 0 Å². The van der Waals surface area contributed by atoms with Gasteiger partial charge in [0.15, 0.2) is 0 Å². The number of hydrogen-bond acceptors (Lipinski definition) is 7. The lowest BCUT2D eigenvalue weighted by Crippen LogP contribution is -2.48. The van der Waals surface area contributed by atoms with E-state index in [2.05, 4.69) is 10.2 Å². The summed E-state index contributed by atoms with van der Waals surface area (Å²) in [5, 5.41) is 23.2. The van der Waals surface area contributed by atoms with Gasteiger partial charge in [-0.05, 0) is 23.9 Å². The van der Waals surface area contributed by atoms with Crippen molar-refractivity contribution in [2.24, 2.45) is 5.18 Å². The minimum absolute atomic E-state index is 0.181. The van der Waals surface area contributed by atoms with Gasteiger partial charge in [0.1, 0.15) is 19.0 Å². The molecule has 1 heterocycles. The standard InChI is InChI=1S/C11H17ClN4O5/c1-10(2,12)11(17,14-18)8-21-7-3-5-15-6-4-13-9(15)16(19)20/h4,6,17H,3,5,7-8H2,1-2H3. The molecule has 0 amide bonds. The van der Waals surface area contributed by atoms with Crippen molar-refractivity contribution < 1.29 is 14.8 Å². The maximum absolute atomic E-state index is 10.7. The molecule has 10 heteroatoms. The van der Waals surface area contributed by atoms with Gasteiger partial charge in [0.2, 0.25) is 5.72 Å². The fourth-order valence-corrected chi connectivity index (χ4v) is 1.59. The van der Waals surface area contributed by atoms with E-state index in [1.165, 1.54) is 30.8 Å². The van der Waals surface area contributed by atoms with Crippen molar-refractivity contribution in [2.45, 2.75) is 37.4 Å². The molecule has 1 atom stereocenters. The van der Waals surface area contributed by atoms with Gasteiger partial charge >= 0.3 is 5.95 Å². The number of aliphatic hydroxyl groups is 1. The maximum Gasteiger partial charge on any atom is 0.434 e. The van der Waals surface area contributed by atoms with Gasteiger partial charge in [-0.25, -0.2) is 4.57 Å². The molecular weight excluding hydrogens is 304 g/mol. The Morgan fingerprint density at radius 1 is 1.62 bits per heavy atom. The third-order valence-electron chi connectivity index (χ3n) is 2.95. The summed E-state index contributed by atoms with van der Waals surface area (Å²) < 4.78 is 6.56. The van der Waals surface area contributed by atoms with E-state index in [4.69, 9.17) is 16.3 Å². The summed E-state index contributed by atoms with van der Waals surface area (Å²) in [4.78, 5) is 23.1. The molecule has 0 spiro atoms. The smallest absolute Gasteiger partial charge is 0.390 e. The number of nitro groups is 1. The highest BCUT2D eigenvalue weighted by Crippen LogP contribution is 2.30. The van der Waals surface area contributed by atoms with Crippen LogP contribution in [-0.4, -0.2) is 43.4 Å². The number of aryl methyl sites for hydroxylation is 1. The monoisotopic (exact) mass is 320 g/mol. The SMILES string of the molecule is CC(C)(Cl)C(O)(COCCCn1ccnc1[N+](=O)[O-])N=O. The van der Waals surface area contributed by atoms with E-state index >= 15 is 0 Å². The van der Waals surface area contributed by atoms with E-state index in [1.54, 1.807) is 0 Å². The van der Waals surface area contributed by atoms with Gasteiger partial charge in [-0.1, -0.05) is 4.98 Å². The third-order valence-corrected chi connectivity index (χ3v) is 3.25. The second-order valence-corrected chi connectivity index (χ2v) is 5.91. The van der Waals surface area contributed by atoms with Crippen molar-refractivity contribution in [1.82, 2.24) is 9.55 Å². The normalized spacial score (nSPS) is 14.7. The first-order valence-electron chi connectivity index (χ1n) is 6.20. The molecule has 0 radical (unpaired) electrons. The van der Waals surface area contributed by atoms with Gasteiger partial charge < -0.3 is 20.0 Å². The van der Waals surface area contributed by atoms with Gasteiger partial charge in [-0.3, -0.25) is 0 Å². The van der Waals surface area contributed by atoms with Crippen LogP contribution in [0.1, 0.15) is 20.3 Å². The summed E-state index contributed by atoms with van der Waals surface area (Å²) in [7, 11) is 0. The predicted molar refractivity (Wildman–Crippen MR) is 75.0 cm³/mol. The number of halogens is 1. The topological polar surface area (TPSA) is 120 Å². The summed E-state index contributed by atoms with van der Waals surface area (Å²) in [6.07, 6.45) is 3.27. The predicted octanol–water partition coefficient (Wildman–Crippen LogP) is 1.67. The van der Waals surface area contributed by atoms with Crippen LogP contribution < -0.4 is 0 Å². The number of ether oxygens (including phenoxy) is 1. The zero-order chi connectivity index (χ0) is 16.1. The van der Waals surface area contributed by atoms with Crippen LogP contribution in [0.15, 0.2) is 17.6 Å². The van der Waals surface area contributed by atoms with E-state index in [0.717, 1.165) is 0 Å². The highest BCUT2D eigenvalue weighted by atomic mass is 35.5. The average molecular weight is 321 g/mol. The summed E-state index contributed by atoms with van der Waals surface area (Å²) in [6, 6.07) is 0. The zero-order valence-corrected chi connectivity index (χ0v) is 12.5. The van der Waals surface area contributed by atoms with Crippen LogP contribution in [0, 0.1) is 15.0 Å². The molecule has 9 nitrogen and oxygen atoms in total. The van der Waals surface area contributed by atoms with E-state index in [9.17, 15) is 20.1 Å². The first kappa shape index (κ1) is 17.5. The Hall–Kier alpha value is -1.58. The quantitative estimate of drug-likeness (QED) is 0.243. The average Bonchev–Trinajstić information content (AvgIpc) is 2.85. The molecular formula is C11H17ClN4O5. The molecule has 0 bridgehead atoms. The number of nitroso groups, excluding NO2 is 1. The van der Waals surface area contributed by atoms with E-state index in [1.807, 2.05) is 0 Å². The molecule has 0 saturated carbocycles. The van der Waals surface area contributed by atoms with Gasteiger partial charge in [-0.15, -0.1) is 16.5 Å². The molecule has 0 aliphatic heterocycles. The number of alkyl halides is 1. The highest BCUT2D eigenvalue weighted by Gasteiger charge is 2.44. The zero-order valence-electron chi connectivity index (χ0n) is 11.7. The van der Waals surface area contributed by atoms with Crippen molar-refractivity contribution in [2.75, 3.05) is 13.2 Å². The van der Waals surface area contributed by atoms with Crippen LogP contribution in [0.2, 0.25) is 0 Å². The lowest BCUT2D eigenvalue weighted by molar-refractivity contribution is -0.396. The second-order valence-electron chi connectivity index (χ2n) is 4.96. The Kier molecular flexibility index (Phi) is 5.76. The molecule has 0 aromatic carbocycles. The van der Waals surface area contributed by atoms with Crippen molar-refractivity contribution in [1.29, 1.82) is 0 Å². The molecule has 1 rings (SSSR count). The minimum Gasteiger partial charge on any atom is -0.390 e. The highest BCUT2D eigenvalue weighted by molar-refractivity contribution is 6.24. The molecule has 1 unspecified atom stereocenters. The molecule has 0 saturated heterocycles. The summed E-state index contributed by atoms with van der Waals surface area (Å²) in [5.41, 5.74) is -2.03. The van der Waals surface area contributed by atoms with E-state index < -0.39 is 15.5 Å². The van der Waals surface area contributed by atoms with Crippen LogP contribution >= 0.6 is 11.6 Å². The fraction of sp³-hybridized carbons (Fsp3) is 0.727. The lowest BCUT2D eigenvalue weighted by atomic mass is 10.0. The summed E-state index contributed by atoms with van der Waals surface area (Å²) in [5.74, 6) is -0.247. The molecule has 0 aliphatic carbocycles. The van der Waals surface area contributed by atoms with Gasteiger partial charge in [-0.2, -0.15) is 0 Å². The van der Waals surface area contributed by atoms with E-state index in [0.29, 0.717) is 13.0 Å². The van der Waals surface area contributed by atoms with Crippen molar-refractivity contribution in [3.63, 3.8) is 0 Å². The second kappa shape index (κ2) is 6.92. The van der Waals surface area contributed by atoms with Gasteiger partial charge in [0, 0.05) is 13.0 Å². The minimum atomic E-state index is -2.03. The van der Waals surface area contributed by atoms with Crippen LogP contribution in [-0.2, 0) is 11.3 Å². The maximum atomic E-state index is 10.7. The van der Waals surface area contributed by atoms with Crippen LogP contribution in [0.3, 0.4) is 0 Å². The van der Waals surface area contributed by atoms with Crippen LogP contribution in [0.5, 0.6) is 0 Å². The Labute approximate surface area is 126 Å². The number of nitrogens with zero attached hydrogens (tertiary/aromatic N) is 4. The first-order valence-corrected chi connectivity index (χ1v) is 6.58. The molecule has 118 valence electrons. The Bertz CT molecular complexity index is 501. The molecule has 1 aromatic heterocycles. The molecule has 1 N–H and O–H groups in total. The fourth-order valence-electron chi connectivity index (χ4n) is 1.51. The van der Waals surface area contributed by atoms with Crippen LogP contribution in [0.4, 0.5) is 5.95 Å². The van der Waals surface area contributed by atoms with Gasteiger partial charge in [0.05, 0.1) is 11.4 Å².